The van der Waals surface area contributed by atoms with Crippen molar-refractivity contribution in [1.82, 2.24) is 5.32 Å². The van der Waals surface area contributed by atoms with Crippen molar-refractivity contribution in [2.45, 2.75) is 65.3 Å². The van der Waals surface area contributed by atoms with Gasteiger partial charge in [0.2, 0.25) is 0 Å². The summed E-state index contributed by atoms with van der Waals surface area (Å²) >= 11 is 6.02. The van der Waals surface area contributed by atoms with E-state index in [0.29, 0.717) is 11.5 Å². The van der Waals surface area contributed by atoms with Crippen LogP contribution in [0.4, 0.5) is 0 Å². The van der Waals surface area contributed by atoms with E-state index < -0.39 is 0 Å². The van der Waals surface area contributed by atoms with Gasteiger partial charge in [-0.2, -0.15) is 0 Å². The first-order valence-corrected chi connectivity index (χ1v) is 8.91. The third-order valence-corrected chi connectivity index (χ3v) is 5.21. The van der Waals surface area contributed by atoms with E-state index in [1.807, 2.05) is 12.1 Å². The van der Waals surface area contributed by atoms with Gasteiger partial charge in [-0.3, -0.25) is 0 Å². The lowest BCUT2D eigenvalue weighted by Gasteiger charge is -2.40. The van der Waals surface area contributed by atoms with Gasteiger partial charge >= 0.3 is 0 Å². The minimum absolute atomic E-state index is 0.490. The maximum Gasteiger partial charge on any atom is 0.0406 e. The maximum absolute atomic E-state index is 6.02. The average Bonchev–Trinajstić information content (AvgIpc) is 2.89. The summed E-state index contributed by atoms with van der Waals surface area (Å²) in [6.45, 7) is 8.02. The lowest BCUT2D eigenvalue weighted by Crippen LogP contribution is -2.46. The fourth-order valence-corrected chi connectivity index (χ4v) is 4.32. The summed E-state index contributed by atoms with van der Waals surface area (Å²) in [4.78, 5) is 0. The normalized spacial score (nSPS) is 19.1. The lowest BCUT2D eigenvalue weighted by molar-refractivity contribution is 0.155. The molecule has 1 aliphatic rings. The van der Waals surface area contributed by atoms with Crippen LogP contribution < -0.4 is 5.32 Å². The highest BCUT2D eigenvalue weighted by Gasteiger charge is 2.40. The molecule has 0 heterocycles. The molecule has 2 heteroatoms. The van der Waals surface area contributed by atoms with Gasteiger partial charge in [0, 0.05) is 11.1 Å². The Morgan fingerprint density at radius 1 is 1.14 bits per heavy atom. The van der Waals surface area contributed by atoms with Crippen LogP contribution in [0.3, 0.4) is 0 Å². The second-order valence-corrected chi connectivity index (χ2v) is 7.54. The number of hydrogen-bond acceptors (Lipinski definition) is 1. The van der Waals surface area contributed by atoms with Crippen LogP contribution in [0.15, 0.2) is 24.3 Å². The third kappa shape index (κ3) is 4.47. The van der Waals surface area contributed by atoms with Gasteiger partial charge in [-0.25, -0.2) is 0 Å². The Bertz CT molecular complexity index is 418. The molecule has 1 aromatic carbocycles. The maximum atomic E-state index is 6.02. The number of likely N-dealkylation sites (N-methyl/N-ethyl adjacent to an activating group) is 1. The van der Waals surface area contributed by atoms with Gasteiger partial charge in [0.1, 0.15) is 0 Å². The molecule has 2 rings (SSSR count). The van der Waals surface area contributed by atoms with Gasteiger partial charge in [0.25, 0.3) is 0 Å². The standard InChI is InChI=1S/C19H30ClN/c1-4-21-18(13-16-7-9-17(20)10-8-16)19(14-15(2)3)11-5-6-12-19/h7-10,15,18,21H,4-6,11-14H2,1-3H3. The topological polar surface area (TPSA) is 12.0 Å². The van der Waals surface area contributed by atoms with E-state index in [4.69, 9.17) is 11.6 Å². The van der Waals surface area contributed by atoms with Crippen molar-refractivity contribution in [3.63, 3.8) is 0 Å². The van der Waals surface area contributed by atoms with E-state index >= 15 is 0 Å². The number of benzene rings is 1. The van der Waals surface area contributed by atoms with Crippen LogP contribution in [-0.2, 0) is 6.42 Å². The summed E-state index contributed by atoms with van der Waals surface area (Å²) in [5.41, 5.74) is 1.89. The molecule has 0 bridgehead atoms. The minimum Gasteiger partial charge on any atom is -0.313 e. The number of hydrogen-bond donors (Lipinski definition) is 1. The Hall–Kier alpha value is -0.530. The Morgan fingerprint density at radius 2 is 1.76 bits per heavy atom. The summed E-state index contributed by atoms with van der Waals surface area (Å²) in [5.74, 6) is 0.773. The zero-order valence-electron chi connectivity index (χ0n) is 13.8. The monoisotopic (exact) mass is 307 g/mol. The molecular formula is C19H30ClN. The van der Waals surface area contributed by atoms with E-state index in [9.17, 15) is 0 Å². The predicted octanol–water partition coefficient (Wildman–Crippen LogP) is 5.47. The lowest BCUT2D eigenvalue weighted by atomic mass is 9.71. The molecule has 1 aliphatic carbocycles. The van der Waals surface area contributed by atoms with E-state index in [0.717, 1.165) is 23.9 Å². The van der Waals surface area contributed by atoms with Crippen molar-refractivity contribution >= 4 is 11.6 Å². The van der Waals surface area contributed by atoms with Crippen LogP contribution in [-0.4, -0.2) is 12.6 Å². The highest BCUT2D eigenvalue weighted by atomic mass is 35.5. The van der Waals surface area contributed by atoms with Crippen molar-refractivity contribution in [1.29, 1.82) is 0 Å². The minimum atomic E-state index is 0.490. The summed E-state index contributed by atoms with van der Waals surface area (Å²) < 4.78 is 0. The molecule has 0 aliphatic heterocycles. The molecule has 1 atom stereocenters. The van der Waals surface area contributed by atoms with Crippen molar-refractivity contribution in [2.75, 3.05) is 6.54 Å². The zero-order valence-corrected chi connectivity index (χ0v) is 14.5. The first kappa shape index (κ1) is 16.8. The number of rotatable bonds is 7. The molecule has 1 saturated carbocycles. The van der Waals surface area contributed by atoms with E-state index in [-0.39, 0.29) is 0 Å². The van der Waals surface area contributed by atoms with Gasteiger partial charge in [0.15, 0.2) is 0 Å². The van der Waals surface area contributed by atoms with E-state index in [1.165, 1.54) is 37.7 Å². The highest BCUT2D eigenvalue weighted by molar-refractivity contribution is 6.30. The third-order valence-electron chi connectivity index (χ3n) is 4.96. The molecule has 21 heavy (non-hydrogen) atoms. The van der Waals surface area contributed by atoms with Crippen LogP contribution >= 0.6 is 11.6 Å². The van der Waals surface area contributed by atoms with Crippen molar-refractivity contribution in [3.8, 4) is 0 Å². The quantitative estimate of drug-likeness (QED) is 0.704. The number of halogens is 1. The van der Waals surface area contributed by atoms with Crippen LogP contribution in [0.25, 0.3) is 0 Å². The molecule has 1 unspecified atom stereocenters. The molecule has 118 valence electrons. The Morgan fingerprint density at radius 3 is 2.29 bits per heavy atom. The Kier molecular flexibility index (Phi) is 6.13. The zero-order chi connectivity index (χ0) is 15.3. The largest absolute Gasteiger partial charge is 0.313 e. The number of nitrogens with one attached hydrogen (secondary N) is 1. The average molecular weight is 308 g/mol. The van der Waals surface area contributed by atoms with Gasteiger partial charge in [0.05, 0.1) is 0 Å². The molecule has 1 N–H and O–H groups in total. The van der Waals surface area contributed by atoms with Gasteiger partial charge in [-0.1, -0.05) is 57.3 Å². The molecule has 1 fully saturated rings. The van der Waals surface area contributed by atoms with Crippen LogP contribution in [0, 0.1) is 11.3 Å². The summed E-state index contributed by atoms with van der Waals surface area (Å²) in [7, 11) is 0. The van der Waals surface area contributed by atoms with Crippen molar-refractivity contribution in [2.24, 2.45) is 11.3 Å². The molecule has 0 amide bonds. The molecule has 0 radical (unpaired) electrons. The van der Waals surface area contributed by atoms with Gasteiger partial charge in [-0.15, -0.1) is 0 Å². The molecular weight excluding hydrogens is 278 g/mol. The highest BCUT2D eigenvalue weighted by Crippen LogP contribution is 2.46. The molecule has 1 nitrogen and oxygen atoms in total. The van der Waals surface area contributed by atoms with Gasteiger partial charge < -0.3 is 5.32 Å². The van der Waals surface area contributed by atoms with Crippen molar-refractivity contribution in [3.05, 3.63) is 34.9 Å². The molecule has 1 aromatic rings. The van der Waals surface area contributed by atoms with Gasteiger partial charge in [-0.05, 0) is 61.3 Å². The SMILES string of the molecule is CCNC(Cc1ccc(Cl)cc1)C1(CC(C)C)CCCC1. The predicted molar refractivity (Wildman–Crippen MR) is 93.0 cm³/mol. The molecule has 0 spiro atoms. The molecule has 0 saturated heterocycles. The van der Waals surface area contributed by atoms with E-state index in [1.54, 1.807) is 0 Å². The first-order valence-electron chi connectivity index (χ1n) is 8.53. The van der Waals surface area contributed by atoms with E-state index in [2.05, 4.69) is 38.2 Å². The van der Waals surface area contributed by atoms with Crippen LogP contribution in [0.5, 0.6) is 0 Å². The molecule has 0 aromatic heterocycles. The second kappa shape index (κ2) is 7.65. The van der Waals surface area contributed by atoms with Crippen LogP contribution in [0.2, 0.25) is 5.02 Å². The first-order chi connectivity index (χ1) is 10.1. The fourth-order valence-electron chi connectivity index (χ4n) is 4.19. The Labute approximate surface area is 135 Å². The summed E-state index contributed by atoms with van der Waals surface area (Å²) in [5, 5.41) is 4.63. The Balaban J connectivity index is 2.17. The summed E-state index contributed by atoms with van der Waals surface area (Å²) in [6.07, 6.45) is 8.04. The smallest absolute Gasteiger partial charge is 0.0406 e. The fraction of sp³-hybridized carbons (Fsp3) is 0.684. The van der Waals surface area contributed by atoms with Crippen LogP contribution in [0.1, 0.15) is 58.4 Å². The second-order valence-electron chi connectivity index (χ2n) is 7.11. The summed E-state index contributed by atoms with van der Waals surface area (Å²) in [6, 6.07) is 9.00. The van der Waals surface area contributed by atoms with Crippen molar-refractivity contribution < 1.29 is 0 Å².